The maximum atomic E-state index is 13.2. The highest BCUT2D eigenvalue weighted by molar-refractivity contribution is 7.90. The first-order chi connectivity index (χ1) is 11.0. The van der Waals surface area contributed by atoms with Crippen molar-refractivity contribution in [1.82, 2.24) is 15.5 Å². The molecule has 1 aliphatic carbocycles. The number of hydrogen-bond donors (Lipinski definition) is 2. The molecule has 140 valence electrons. The van der Waals surface area contributed by atoms with E-state index in [0.717, 1.165) is 6.26 Å². The number of hydrogen-bond acceptors (Lipinski definition) is 5. The normalized spacial score (nSPS) is 22.8. The van der Waals surface area contributed by atoms with Crippen molar-refractivity contribution in [3.63, 3.8) is 0 Å². The number of rotatable bonds is 7. The molecule has 1 heterocycles. The van der Waals surface area contributed by atoms with Crippen molar-refractivity contribution in [2.24, 2.45) is 5.41 Å². The van der Waals surface area contributed by atoms with Crippen LogP contribution in [0.4, 0.5) is 13.2 Å². The van der Waals surface area contributed by atoms with Crippen LogP contribution < -0.4 is 10.6 Å². The highest BCUT2D eigenvalue weighted by Crippen LogP contribution is 2.49. The quantitative estimate of drug-likeness (QED) is 0.666. The molecular weight excluding hydrogens is 347 g/mol. The molecule has 0 spiro atoms. The van der Waals surface area contributed by atoms with Gasteiger partial charge in [-0.15, -0.1) is 0 Å². The number of carbonyl (C=O) groups is 1. The van der Waals surface area contributed by atoms with Crippen molar-refractivity contribution in [3.05, 3.63) is 0 Å². The van der Waals surface area contributed by atoms with Gasteiger partial charge in [0.1, 0.15) is 15.9 Å². The molecule has 2 aliphatic rings. The van der Waals surface area contributed by atoms with Crippen LogP contribution in [0.2, 0.25) is 0 Å². The molecular formula is C14H24F3N3O3S. The van der Waals surface area contributed by atoms with Crippen LogP contribution in [0.15, 0.2) is 0 Å². The summed E-state index contributed by atoms with van der Waals surface area (Å²) in [7, 11) is -3.21. The number of amides is 1. The molecule has 10 heteroatoms. The van der Waals surface area contributed by atoms with Gasteiger partial charge in [-0.2, -0.15) is 13.2 Å². The van der Waals surface area contributed by atoms with Crippen LogP contribution in [0.3, 0.4) is 0 Å². The summed E-state index contributed by atoms with van der Waals surface area (Å²) < 4.78 is 62.5. The van der Waals surface area contributed by atoms with Gasteiger partial charge in [-0.3, -0.25) is 9.69 Å². The maximum Gasteiger partial charge on any atom is 0.405 e. The van der Waals surface area contributed by atoms with E-state index in [0.29, 0.717) is 25.9 Å². The third-order valence-corrected chi connectivity index (χ3v) is 5.66. The van der Waals surface area contributed by atoms with E-state index in [1.54, 1.807) is 0 Å². The van der Waals surface area contributed by atoms with Crippen LogP contribution >= 0.6 is 0 Å². The van der Waals surface area contributed by atoms with Gasteiger partial charge in [-0.05, 0) is 18.3 Å². The predicted molar refractivity (Wildman–Crippen MR) is 83.3 cm³/mol. The Hall–Kier alpha value is -0.870. The van der Waals surface area contributed by atoms with Gasteiger partial charge >= 0.3 is 6.18 Å². The first-order valence-electron chi connectivity index (χ1n) is 7.97. The van der Waals surface area contributed by atoms with Crippen molar-refractivity contribution < 1.29 is 26.4 Å². The fourth-order valence-corrected chi connectivity index (χ4v) is 4.67. The van der Waals surface area contributed by atoms with Crippen molar-refractivity contribution in [1.29, 1.82) is 0 Å². The van der Waals surface area contributed by atoms with Gasteiger partial charge < -0.3 is 10.6 Å². The van der Waals surface area contributed by atoms with Gasteiger partial charge in [0.05, 0.1) is 5.75 Å². The monoisotopic (exact) mass is 371 g/mol. The predicted octanol–water partition coefficient (Wildman–Crippen LogP) is 0.154. The van der Waals surface area contributed by atoms with Crippen molar-refractivity contribution >= 4 is 15.7 Å². The number of sulfone groups is 1. The Morgan fingerprint density at radius 1 is 1.29 bits per heavy atom. The van der Waals surface area contributed by atoms with Gasteiger partial charge in [-0.1, -0.05) is 0 Å². The molecule has 1 unspecified atom stereocenters. The molecule has 6 nitrogen and oxygen atoms in total. The zero-order chi connectivity index (χ0) is 18.0. The first kappa shape index (κ1) is 19.5. The van der Waals surface area contributed by atoms with Crippen LogP contribution in [-0.2, 0) is 14.6 Å². The van der Waals surface area contributed by atoms with E-state index in [1.165, 1.54) is 4.90 Å². The average molecular weight is 371 g/mol. The Labute approximate surface area is 140 Å². The van der Waals surface area contributed by atoms with Crippen LogP contribution in [-0.4, -0.2) is 76.2 Å². The Bertz CT molecular complexity index is 555. The van der Waals surface area contributed by atoms with Gasteiger partial charge in [0.15, 0.2) is 0 Å². The fourth-order valence-electron chi connectivity index (χ4n) is 3.16. The molecule has 2 rings (SSSR count). The van der Waals surface area contributed by atoms with E-state index < -0.39 is 39.9 Å². The number of piperazine rings is 1. The summed E-state index contributed by atoms with van der Waals surface area (Å²) in [5.74, 6) is -0.603. The van der Waals surface area contributed by atoms with Crippen molar-refractivity contribution in [2.45, 2.75) is 31.5 Å². The fraction of sp³-hybridized carbons (Fsp3) is 0.929. The van der Waals surface area contributed by atoms with Crippen molar-refractivity contribution in [2.75, 3.05) is 44.7 Å². The average Bonchev–Trinajstić information content (AvgIpc) is 3.15. The number of nitrogens with zero attached hydrogens (tertiary/aromatic N) is 1. The smallest absolute Gasteiger partial charge is 0.354 e. The zero-order valence-electron chi connectivity index (χ0n) is 13.7. The molecule has 1 aliphatic heterocycles. The summed E-state index contributed by atoms with van der Waals surface area (Å²) in [6.07, 6.45) is -2.11. The van der Waals surface area contributed by atoms with E-state index in [2.05, 4.69) is 10.6 Å². The molecule has 24 heavy (non-hydrogen) atoms. The standard InChI is InChI=1S/C14H24F3N3O3S/c1-24(22,23)10-13(2-3-13)8-12(21)19-9-11(14(15,16)17)20-6-4-18-5-7-20/h11,18H,2-10H2,1H3,(H,19,21). The molecule has 1 atom stereocenters. The highest BCUT2D eigenvalue weighted by Gasteiger charge is 2.47. The number of alkyl halides is 3. The molecule has 1 saturated heterocycles. The minimum atomic E-state index is -4.42. The highest BCUT2D eigenvalue weighted by atomic mass is 32.2. The molecule has 0 aromatic heterocycles. The van der Waals surface area contributed by atoms with Crippen LogP contribution in [0, 0.1) is 5.41 Å². The summed E-state index contributed by atoms with van der Waals surface area (Å²) >= 11 is 0. The molecule has 0 aromatic carbocycles. The molecule has 2 fully saturated rings. The van der Waals surface area contributed by atoms with E-state index in [4.69, 9.17) is 0 Å². The van der Waals surface area contributed by atoms with Crippen LogP contribution in [0.25, 0.3) is 0 Å². The van der Waals surface area contributed by atoms with Gasteiger partial charge in [0.25, 0.3) is 0 Å². The van der Waals surface area contributed by atoms with Crippen LogP contribution in [0.1, 0.15) is 19.3 Å². The largest absolute Gasteiger partial charge is 0.405 e. The summed E-state index contributed by atoms with van der Waals surface area (Å²) in [5.41, 5.74) is -0.583. The Morgan fingerprint density at radius 3 is 2.33 bits per heavy atom. The Morgan fingerprint density at radius 2 is 1.88 bits per heavy atom. The maximum absolute atomic E-state index is 13.2. The molecule has 0 aromatic rings. The zero-order valence-corrected chi connectivity index (χ0v) is 14.5. The second kappa shape index (κ2) is 7.17. The second-order valence-corrected chi connectivity index (χ2v) is 9.03. The van der Waals surface area contributed by atoms with Gasteiger partial charge in [0, 0.05) is 45.4 Å². The lowest BCUT2D eigenvalue weighted by atomic mass is 10.0. The Balaban J connectivity index is 1.88. The molecule has 1 saturated carbocycles. The minimum Gasteiger partial charge on any atom is -0.354 e. The topological polar surface area (TPSA) is 78.5 Å². The van der Waals surface area contributed by atoms with Crippen LogP contribution in [0.5, 0.6) is 0 Å². The lowest BCUT2D eigenvalue weighted by Gasteiger charge is -2.36. The molecule has 0 bridgehead atoms. The summed E-state index contributed by atoms with van der Waals surface area (Å²) in [5, 5.41) is 5.35. The Kier molecular flexibility index (Phi) is 5.81. The lowest BCUT2D eigenvalue weighted by molar-refractivity contribution is -0.184. The number of nitrogens with one attached hydrogen (secondary N) is 2. The summed E-state index contributed by atoms with van der Waals surface area (Å²) in [6, 6.07) is -1.71. The summed E-state index contributed by atoms with van der Waals surface area (Å²) in [4.78, 5) is 13.3. The third-order valence-electron chi connectivity index (χ3n) is 4.52. The molecule has 1 amide bonds. The second-order valence-electron chi connectivity index (χ2n) is 6.89. The first-order valence-corrected chi connectivity index (χ1v) is 10.0. The van der Waals surface area contributed by atoms with E-state index in [9.17, 15) is 26.4 Å². The van der Waals surface area contributed by atoms with E-state index >= 15 is 0 Å². The lowest BCUT2D eigenvalue weighted by Crippen LogP contribution is -2.57. The van der Waals surface area contributed by atoms with E-state index in [-0.39, 0.29) is 25.3 Å². The van der Waals surface area contributed by atoms with Crippen molar-refractivity contribution in [3.8, 4) is 0 Å². The molecule has 0 radical (unpaired) electrons. The third kappa shape index (κ3) is 5.89. The molecule has 2 N–H and O–H groups in total. The minimum absolute atomic E-state index is 0.0355. The van der Waals surface area contributed by atoms with E-state index in [1.807, 2.05) is 0 Å². The SMILES string of the molecule is CS(=O)(=O)CC1(CC(=O)NCC(N2CCNCC2)C(F)(F)F)CC1. The number of carbonyl (C=O) groups excluding carboxylic acids is 1. The van der Waals surface area contributed by atoms with Gasteiger partial charge in [-0.25, -0.2) is 8.42 Å². The number of halogens is 3. The summed E-state index contributed by atoms with van der Waals surface area (Å²) in [6.45, 7) is 1.02. The van der Waals surface area contributed by atoms with Gasteiger partial charge in [0.2, 0.25) is 5.91 Å².